The summed E-state index contributed by atoms with van der Waals surface area (Å²) in [6.07, 6.45) is 3.44. The fourth-order valence-corrected chi connectivity index (χ4v) is 2.11. The highest BCUT2D eigenvalue weighted by atomic mass is 16.5. The van der Waals surface area contributed by atoms with Gasteiger partial charge in [-0.25, -0.2) is 0 Å². The van der Waals surface area contributed by atoms with E-state index in [2.05, 4.69) is 4.98 Å². The summed E-state index contributed by atoms with van der Waals surface area (Å²) in [5.74, 6) is 1.53. The summed E-state index contributed by atoms with van der Waals surface area (Å²) in [6, 6.07) is 7.04. The molecule has 1 aromatic heterocycles. The highest BCUT2D eigenvalue weighted by Gasteiger charge is 2.32. The third kappa shape index (κ3) is 1.93. The molecule has 0 aliphatic carbocycles. The van der Waals surface area contributed by atoms with Gasteiger partial charge in [-0.05, 0) is 12.1 Å². The molecule has 3 rings (SSSR count). The van der Waals surface area contributed by atoms with Crippen LogP contribution in [0.25, 0.3) is 6.08 Å². The Hall–Kier alpha value is -2.69. The van der Waals surface area contributed by atoms with Crippen LogP contribution in [0.15, 0.2) is 36.2 Å². The van der Waals surface area contributed by atoms with Gasteiger partial charge in [0.2, 0.25) is 5.78 Å². The molecule has 5 nitrogen and oxygen atoms in total. The normalized spacial score (nSPS) is 15.1. The van der Waals surface area contributed by atoms with Gasteiger partial charge in [-0.2, -0.15) is 0 Å². The van der Waals surface area contributed by atoms with Crippen molar-refractivity contribution in [3.8, 4) is 17.2 Å². The lowest BCUT2D eigenvalue weighted by Crippen LogP contribution is -2.00. The summed E-state index contributed by atoms with van der Waals surface area (Å²) in [5, 5.41) is 0. The molecule has 102 valence electrons. The van der Waals surface area contributed by atoms with E-state index in [1.165, 1.54) is 7.11 Å². The van der Waals surface area contributed by atoms with Gasteiger partial charge in [0.1, 0.15) is 22.8 Å². The van der Waals surface area contributed by atoms with Crippen LogP contribution in [0.3, 0.4) is 0 Å². The number of allylic oxidation sites excluding steroid dienone is 1. The first-order valence-corrected chi connectivity index (χ1v) is 6.06. The van der Waals surface area contributed by atoms with Crippen LogP contribution < -0.4 is 14.2 Å². The molecule has 0 spiro atoms. The van der Waals surface area contributed by atoms with Crippen LogP contribution in [-0.2, 0) is 0 Å². The maximum atomic E-state index is 12.4. The van der Waals surface area contributed by atoms with Crippen LogP contribution in [0.5, 0.6) is 17.2 Å². The first-order valence-electron chi connectivity index (χ1n) is 6.06. The molecule has 1 N–H and O–H groups in total. The van der Waals surface area contributed by atoms with Crippen molar-refractivity contribution in [1.82, 2.24) is 4.98 Å². The van der Waals surface area contributed by atoms with E-state index in [1.54, 1.807) is 31.5 Å². The molecule has 2 aromatic rings. The summed E-state index contributed by atoms with van der Waals surface area (Å²) in [7, 11) is 3.06. The number of H-pyrrole nitrogens is 1. The predicted molar refractivity (Wildman–Crippen MR) is 73.3 cm³/mol. The van der Waals surface area contributed by atoms with E-state index < -0.39 is 0 Å². The Balaban J connectivity index is 2.06. The first kappa shape index (κ1) is 12.3. The van der Waals surface area contributed by atoms with Crippen LogP contribution >= 0.6 is 0 Å². The number of aromatic nitrogens is 1. The molecule has 5 heteroatoms. The average Bonchev–Trinajstić information content (AvgIpc) is 3.07. The molecule has 0 saturated heterocycles. The summed E-state index contributed by atoms with van der Waals surface area (Å²) in [4.78, 5) is 15.4. The monoisotopic (exact) mass is 271 g/mol. The van der Waals surface area contributed by atoms with Gasteiger partial charge in [-0.3, -0.25) is 4.79 Å². The zero-order valence-corrected chi connectivity index (χ0v) is 11.1. The van der Waals surface area contributed by atoms with E-state index in [4.69, 9.17) is 14.2 Å². The van der Waals surface area contributed by atoms with Crippen molar-refractivity contribution in [3.63, 3.8) is 0 Å². The third-order valence-electron chi connectivity index (χ3n) is 3.07. The molecule has 20 heavy (non-hydrogen) atoms. The Labute approximate surface area is 115 Å². The quantitative estimate of drug-likeness (QED) is 0.872. The van der Waals surface area contributed by atoms with Crippen molar-refractivity contribution in [1.29, 1.82) is 0 Å². The molecule has 0 radical (unpaired) electrons. The number of Topliss-reactive ketones (excluding diaryl/α,β-unsaturated/α-hetero) is 1. The number of hydrogen-bond acceptors (Lipinski definition) is 4. The molecule has 1 aromatic carbocycles. The maximum Gasteiger partial charge on any atom is 0.235 e. The van der Waals surface area contributed by atoms with Gasteiger partial charge in [0.25, 0.3) is 0 Å². The minimum absolute atomic E-state index is 0.200. The highest BCUT2D eigenvalue weighted by molar-refractivity contribution is 6.16. The Kier molecular flexibility index (Phi) is 2.95. The topological polar surface area (TPSA) is 60.6 Å². The molecule has 1 aliphatic heterocycles. The van der Waals surface area contributed by atoms with Crippen molar-refractivity contribution in [2.45, 2.75) is 0 Å². The molecule has 1 aliphatic rings. The SMILES string of the molecule is COc1cc(OC)c2c(c1)OC(=Cc1ccc[nH]1)C2=O. The number of aromatic amines is 1. The lowest BCUT2D eigenvalue weighted by Gasteiger charge is -2.07. The van der Waals surface area contributed by atoms with Crippen LogP contribution in [0.1, 0.15) is 16.1 Å². The number of carbonyl (C=O) groups is 1. The number of nitrogens with one attached hydrogen (secondary N) is 1. The number of ketones is 1. The zero-order valence-electron chi connectivity index (χ0n) is 11.1. The molecule has 0 unspecified atom stereocenters. The van der Waals surface area contributed by atoms with Gasteiger partial charge in [0, 0.05) is 30.1 Å². The second-order valence-corrected chi connectivity index (χ2v) is 4.27. The summed E-state index contributed by atoms with van der Waals surface area (Å²) in [6.45, 7) is 0. The Morgan fingerprint density at radius 3 is 2.75 bits per heavy atom. The molecule has 0 atom stereocenters. The van der Waals surface area contributed by atoms with Gasteiger partial charge in [0.05, 0.1) is 14.2 Å². The Bertz CT molecular complexity index is 686. The first-order chi connectivity index (χ1) is 9.72. The summed E-state index contributed by atoms with van der Waals surface area (Å²) < 4.78 is 16.0. The van der Waals surface area contributed by atoms with Crippen LogP contribution in [0.2, 0.25) is 0 Å². The van der Waals surface area contributed by atoms with Gasteiger partial charge >= 0.3 is 0 Å². The fourth-order valence-electron chi connectivity index (χ4n) is 2.11. The number of methoxy groups -OCH3 is 2. The van der Waals surface area contributed by atoms with Gasteiger partial charge in [-0.1, -0.05) is 0 Å². The van der Waals surface area contributed by atoms with Crippen molar-refractivity contribution in [3.05, 3.63) is 47.5 Å². The van der Waals surface area contributed by atoms with E-state index in [9.17, 15) is 4.79 Å². The van der Waals surface area contributed by atoms with E-state index >= 15 is 0 Å². The minimum atomic E-state index is -0.200. The van der Waals surface area contributed by atoms with Crippen molar-refractivity contribution < 1.29 is 19.0 Å². The van der Waals surface area contributed by atoms with E-state index in [1.807, 2.05) is 12.1 Å². The van der Waals surface area contributed by atoms with E-state index in [-0.39, 0.29) is 11.5 Å². The summed E-state index contributed by atoms with van der Waals surface area (Å²) >= 11 is 0. The minimum Gasteiger partial charge on any atom is -0.496 e. The van der Waals surface area contributed by atoms with Crippen LogP contribution in [0, 0.1) is 0 Å². The molecule has 2 heterocycles. The number of fused-ring (bicyclic) bond motifs is 1. The number of benzene rings is 1. The van der Waals surface area contributed by atoms with Gasteiger partial charge in [-0.15, -0.1) is 0 Å². The second-order valence-electron chi connectivity index (χ2n) is 4.27. The van der Waals surface area contributed by atoms with E-state index in [0.29, 0.717) is 22.8 Å². The van der Waals surface area contributed by atoms with Crippen molar-refractivity contribution in [2.75, 3.05) is 14.2 Å². The molecular weight excluding hydrogens is 258 g/mol. The largest absolute Gasteiger partial charge is 0.496 e. The van der Waals surface area contributed by atoms with E-state index in [0.717, 1.165) is 5.69 Å². The van der Waals surface area contributed by atoms with Crippen molar-refractivity contribution >= 4 is 11.9 Å². The molecule has 0 amide bonds. The second kappa shape index (κ2) is 4.77. The van der Waals surface area contributed by atoms with Gasteiger partial charge < -0.3 is 19.2 Å². The third-order valence-corrected chi connectivity index (χ3v) is 3.07. The lowest BCUT2D eigenvalue weighted by atomic mass is 10.1. The number of ether oxygens (including phenoxy) is 3. The molecule has 0 bridgehead atoms. The number of rotatable bonds is 3. The fraction of sp³-hybridized carbons (Fsp3) is 0.133. The molecular formula is C15H13NO4. The standard InChI is InChI=1S/C15H13NO4/c1-18-10-7-11(19-2)14-12(8-10)20-13(15(14)17)6-9-4-3-5-16-9/h3-8,16H,1-2H3. The van der Waals surface area contributed by atoms with Crippen molar-refractivity contribution in [2.24, 2.45) is 0 Å². The molecule has 0 saturated carbocycles. The average molecular weight is 271 g/mol. The summed E-state index contributed by atoms with van der Waals surface area (Å²) in [5.41, 5.74) is 1.22. The Morgan fingerprint density at radius 2 is 2.10 bits per heavy atom. The number of hydrogen-bond donors (Lipinski definition) is 1. The van der Waals surface area contributed by atoms with Crippen LogP contribution in [0.4, 0.5) is 0 Å². The number of carbonyl (C=O) groups excluding carboxylic acids is 1. The highest BCUT2D eigenvalue weighted by Crippen LogP contribution is 2.41. The molecule has 0 fully saturated rings. The van der Waals surface area contributed by atoms with Gasteiger partial charge in [0.15, 0.2) is 5.76 Å². The van der Waals surface area contributed by atoms with Crippen LogP contribution in [-0.4, -0.2) is 25.0 Å². The maximum absolute atomic E-state index is 12.4. The lowest BCUT2D eigenvalue weighted by molar-refractivity contribution is 0.101. The predicted octanol–water partition coefficient (Wildman–Crippen LogP) is 2.65. The smallest absolute Gasteiger partial charge is 0.235 e. The Morgan fingerprint density at radius 1 is 1.25 bits per heavy atom. The zero-order chi connectivity index (χ0) is 14.1.